The molecule has 0 aromatic heterocycles. The molecule has 2 atom stereocenters. The first-order valence-corrected chi connectivity index (χ1v) is 5.72. The molecule has 4 heteroatoms. The Bertz CT molecular complexity index is 177. The van der Waals surface area contributed by atoms with Crippen molar-refractivity contribution >= 4 is 0 Å². The van der Waals surface area contributed by atoms with Crippen molar-refractivity contribution in [2.45, 2.75) is 31.3 Å². The summed E-state index contributed by atoms with van der Waals surface area (Å²) in [7, 11) is 1.66. The highest BCUT2D eigenvalue weighted by Gasteiger charge is 2.39. The van der Waals surface area contributed by atoms with Crippen LogP contribution in [0.5, 0.6) is 0 Å². The van der Waals surface area contributed by atoms with Gasteiger partial charge in [-0.1, -0.05) is 6.42 Å². The zero-order valence-corrected chi connectivity index (χ0v) is 9.58. The molecule has 0 aromatic carbocycles. The van der Waals surface area contributed by atoms with E-state index >= 15 is 0 Å². The van der Waals surface area contributed by atoms with Crippen LogP contribution in [0.15, 0.2) is 0 Å². The van der Waals surface area contributed by atoms with Crippen LogP contribution in [0, 0.1) is 5.92 Å². The van der Waals surface area contributed by atoms with Gasteiger partial charge in [-0.25, -0.2) is 0 Å². The smallest absolute Gasteiger partial charge is 0.0798 e. The quantitative estimate of drug-likeness (QED) is 0.611. The zero-order chi connectivity index (χ0) is 11.1. The van der Waals surface area contributed by atoms with Crippen LogP contribution < -0.4 is 5.73 Å². The van der Waals surface area contributed by atoms with Gasteiger partial charge in [-0.3, -0.25) is 0 Å². The Hall–Kier alpha value is -0.160. The molecule has 0 radical (unpaired) electrons. The van der Waals surface area contributed by atoms with Crippen molar-refractivity contribution < 1.29 is 14.6 Å². The summed E-state index contributed by atoms with van der Waals surface area (Å²) < 4.78 is 10.3. The Morgan fingerprint density at radius 2 is 2.20 bits per heavy atom. The molecule has 1 rings (SSSR count). The second-order valence-electron chi connectivity index (χ2n) is 4.29. The summed E-state index contributed by atoms with van der Waals surface area (Å²) in [6.45, 7) is 2.32. The fourth-order valence-electron chi connectivity index (χ4n) is 2.28. The van der Waals surface area contributed by atoms with Gasteiger partial charge in [0.15, 0.2) is 0 Å². The fourth-order valence-corrected chi connectivity index (χ4v) is 2.28. The summed E-state index contributed by atoms with van der Waals surface area (Å²) in [6, 6.07) is 0. The van der Waals surface area contributed by atoms with Crippen LogP contribution in [0.1, 0.15) is 25.7 Å². The minimum Gasteiger partial charge on any atom is -0.388 e. The Morgan fingerprint density at radius 3 is 2.87 bits per heavy atom. The molecule has 90 valence electrons. The van der Waals surface area contributed by atoms with Gasteiger partial charge in [0.2, 0.25) is 0 Å². The van der Waals surface area contributed by atoms with Gasteiger partial charge < -0.3 is 20.3 Å². The van der Waals surface area contributed by atoms with Gasteiger partial charge in [0, 0.05) is 20.3 Å². The molecule has 0 aliphatic heterocycles. The maximum absolute atomic E-state index is 10.2. The summed E-state index contributed by atoms with van der Waals surface area (Å²) in [5, 5.41) is 10.2. The topological polar surface area (TPSA) is 64.7 Å². The maximum Gasteiger partial charge on any atom is 0.0798 e. The fraction of sp³-hybridized carbons (Fsp3) is 1.00. The number of methoxy groups -OCH3 is 1. The van der Waals surface area contributed by atoms with Gasteiger partial charge >= 0.3 is 0 Å². The molecule has 0 heterocycles. The molecule has 0 spiro atoms. The standard InChI is InChI=1S/C11H23NO3/c1-14-7-8-15-6-4-10-3-2-5-11(10,13)9-12/h10,13H,2-9,12H2,1H3. The monoisotopic (exact) mass is 217 g/mol. The van der Waals surface area contributed by atoms with E-state index in [-0.39, 0.29) is 0 Å². The number of hydrogen-bond acceptors (Lipinski definition) is 4. The first kappa shape index (κ1) is 12.9. The first-order chi connectivity index (χ1) is 7.23. The van der Waals surface area contributed by atoms with E-state index in [4.69, 9.17) is 15.2 Å². The summed E-state index contributed by atoms with van der Waals surface area (Å²) in [5.74, 6) is 0.310. The number of rotatable bonds is 7. The molecule has 3 N–H and O–H groups in total. The van der Waals surface area contributed by atoms with E-state index < -0.39 is 5.60 Å². The lowest BCUT2D eigenvalue weighted by atomic mass is 9.88. The van der Waals surface area contributed by atoms with E-state index in [1.54, 1.807) is 7.11 Å². The molecule has 0 aromatic rings. The van der Waals surface area contributed by atoms with Crippen molar-refractivity contribution in [3.63, 3.8) is 0 Å². The molecule has 1 fully saturated rings. The number of ether oxygens (including phenoxy) is 2. The maximum atomic E-state index is 10.2. The number of hydrogen-bond donors (Lipinski definition) is 2. The predicted octanol–water partition coefficient (Wildman–Crippen LogP) is 0.529. The van der Waals surface area contributed by atoms with E-state index in [2.05, 4.69) is 0 Å². The molecule has 15 heavy (non-hydrogen) atoms. The van der Waals surface area contributed by atoms with Crippen LogP contribution in [0.2, 0.25) is 0 Å². The van der Waals surface area contributed by atoms with Crippen molar-refractivity contribution in [2.24, 2.45) is 11.7 Å². The predicted molar refractivity (Wildman–Crippen MR) is 58.7 cm³/mol. The average molecular weight is 217 g/mol. The van der Waals surface area contributed by atoms with Gasteiger partial charge in [-0.2, -0.15) is 0 Å². The highest BCUT2D eigenvalue weighted by atomic mass is 16.5. The van der Waals surface area contributed by atoms with Crippen LogP contribution in [0.25, 0.3) is 0 Å². The molecule has 1 saturated carbocycles. The lowest BCUT2D eigenvalue weighted by Crippen LogP contribution is -2.41. The second-order valence-corrected chi connectivity index (χ2v) is 4.29. The van der Waals surface area contributed by atoms with E-state index in [0.717, 1.165) is 25.7 Å². The van der Waals surface area contributed by atoms with Gasteiger partial charge in [0.05, 0.1) is 18.8 Å². The zero-order valence-electron chi connectivity index (χ0n) is 9.58. The molecule has 0 amide bonds. The van der Waals surface area contributed by atoms with Gasteiger partial charge in [-0.05, 0) is 25.2 Å². The van der Waals surface area contributed by atoms with Gasteiger partial charge in [0.1, 0.15) is 0 Å². The highest BCUT2D eigenvalue weighted by molar-refractivity contribution is 4.92. The average Bonchev–Trinajstić information content (AvgIpc) is 2.61. The molecule has 1 aliphatic rings. The molecular weight excluding hydrogens is 194 g/mol. The van der Waals surface area contributed by atoms with Crippen LogP contribution in [0.3, 0.4) is 0 Å². The Labute approximate surface area is 91.7 Å². The molecule has 0 bridgehead atoms. The first-order valence-electron chi connectivity index (χ1n) is 5.72. The molecule has 1 aliphatic carbocycles. The van der Waals surface area contributed by atoms with E-state index in [0.29, 0.717) is 32.3 Å². The summed E-state index contributed by atoms with van der Waals surface area (Å²) in [4.78, 5) is 0. The van der Waals surface area contributed by atoms with Gasteiger partial charge in [0.25, 0.3) is 0 Å². The minimum atomic E-state index is -0.634. The SMILES string of the molecule is COCCOCCC1CCCC1(O)CN. The van der Waals surface area contributed by atoms with Crippen molar-refractivity contribution in [2.75, 3.05) is 33.5 Å². The van der Waals surface area contributed by atoms with Crippen molar-refractivity contribution in [1.82, 2.24) is 0 Å². The Morgan fingerprint density at radius 1 is 1.40 bits per heavy atom. The van der Waals surface area contributed by atoms with E-state index in [1.807, 2.05) is 0 Å². The lowest BCUT2D eigenvalue weighted by molar-refractivity contribution is -0.00821. The van der Waals surface area contributed by atoms with Gasteiger partial charge in [-0.15, -0.1) is 0 Å². The highest BCUT2D eigenvalue weighted by Crippen LogP contribution is 2.36. The summed E-state index contributed by atoms with van der Waals surface area (Å²) in [5.41, 5.74) is 4.97. The minimum absolute atomic E-state index is 0.310. The third-order valence-electron chi connectivity index (χ3n) is 3.32. The molecular formula is C11H23NO3. The summed E-state index contributed by atoms with van der Waals surface area (Å²) in [6.07, 6.45) is 3.89. The molecule has 0 saturated heterocycles. The van der Waals surface area contributed by atoms with Crippen LogP contribution in [-0.4, -0.2) is 44.2 Å². The Kier molecular flexibility index (Phi) is 5.53. The largest absolute Gasteiger partial charge is 0.388 e. The van der Waals surface area contributed by atoms with Crippen molar-refractivity contribution in [3.05, 3.63) is 0 Å². The van der Waals surface area contributed by atoms with Crippen LogP contribution in [-0.2, 0) is 9.47 Å². The normalized spacial score (nSPS) is 31.0. The lowest BCUT2D eigenvalue weighted by Gasteiger charge is -2.28. The van der Waals surface area contributed by atoms with Crippen LogP contribution >= 0.6 is 0 Å². The van der Waals surface area contributed by atoms with Crippen LogP contribution in [0.4, 0.5) is 0 Å². The van der Waals surface area contributed by atoms with Crippen molar-refractivity contribution in [3.8, 4) is 0 Å². The summed E-state index contributed by atoms with van der Waals surface area (Å²) >= 11 is 0. The molecule has 4 nitrogen and oxygen atoms in total. The third-order valence-corrected chi connectivity index (χ3v) is 3.32. The Balaban J connectivity index is 2.15. The van der Waals surface area contributed by atoms with Crippen molar-refractivity contribution in [1.29, 1.82) is 0 Å². The molecule has 2 unspecified atom stereocenters. The van der Waals surface area contributed by atoms with E-state index in [9.17, 15) is 5.11 Å². The van der Waals surface area contributed by atoms with E-state index in [1.165, 1.54) is 0 Å². The number of nitrogens with two attached hydrogens (primary N) is 1. The number of aliphatic hydroxyl groups is 1. The second kappa shape index (κ2) is 6.43. The third kappa shape index (κ3) is 3.72.